The summed E-state index contributed by atoms with van der Waals surface area (Å²) < 4.78 is 0. The molecule has 0 radical (unpaired) electrons. The Morgan fingerprint density at radius 1 is 0.857 bits per heavy atom. The molecular weight excluding hydrogens is 394 g/mol. The van der Waals surface area contributed by atoms with Crippen molar-refractivity contribution in [3.8, 4) is 0 Å². The quantitative estimate of drug-likeness (QED) is 0.106. The van der Waals surface area contributed by atoms with Crippen molar-refractivity contribution in [1.82, 2.24) is 16.0 Å². The van der Waals surface area contributed by atoms with Crippen molar-refractivity contribution >= 4 is 42.3 Å². The zero-order chi connectivity index (χ0) is 21.7. The van der Waals surface area contributed by atoms with Crippen LogP contribution in [0.1, 0.15) is 25.7 Å². The van der Waals surface area contributed by atoms with Crippen molar-refractivity contribution in [3.63, 3.8) is 0 Å². The van der Waals surface area contributed by atoms with Gasteiger partial charge in [0.15, 0.2) is 0 Å². The van der Waals surface area contributed by atoms with Crippen LogP contribution in [0.15, 0.2) is 0 Å². The Hall–Kier alpha value is -2.38. The van der Waals surface area contributed by atoms with E-state index in [4.69, 9.17) is 21.7 Å². The standard InChI is InChI=1S/C15H27N5O7S/c16-4-2-1-3-8(13(24)20-9(15(26)27)5-12(22)23)19-14(25)10(7-28)18-11(21)6-17/h8-10,28H,1-7,16-17H2,(H,18,21)(H,19,25)(H,20,24)(H,22,23)(H,26,27). The molecule has 0 aromatic rings. The summed E-state index contributed by atoms with van der Waals surface area (Å²) in [5, 5.41) is 24.7. The molecule has 28 heavy (non-hydrogen) atoms. The molecule has 0 aliphatic carbocycles. The van der Waals surface area contributed by atoms with Gasteiger partial charge in [0.25, 0.3) is 0 Å². The first kappa shape index (κ1) is 25.6. The minimum atomic E-state index is -1.66. The Bertz CT molecular complexity index is 575. The lowest BCUT2D eigenvalue weighted by Crippen LogP contribution is -2.56. The molecule has 0 aliphatic heterocycles. The molecule has 0 bridgehead atoms. The van der Waals surface area contributed by atoms with E-state index in [1.807, 2.05) is 0 Å². The Balaban J connectivity index is 5.19. The highest BCUT2D eigenvalue weighted by Crippen LogP contribution is 2.04. The molecule has 160 valence electrons. The van der Waals surface area contributed by atoms with E-state index in [1.54, 1.807) is 0 Å². The number of unbranched alkanes of at least 4 members (excludes halogenated alkanes) is 1. The molecule has 0 aliphatic rings. The number of thiol groups is 1. The predicted molar refractivity (Wildman–Crippen MR) is 101 cm³/mol. The van der Waals surface area contributed by atoms with Gasteiger partial charge in [-0.25, -0.2) is 4.79 Å². The molecule has 3 unspecified atom stereocenters. The van der Waals surface area contributed by atoms with Gasteiger partial charge in [0.2, 0.25) is 17.7 Å². The Morgan fingerprint density at radius 2 is 1.43 bits per heavy atom. The van der Waals surface area contributed by atoms with Crippen molar-refractivity contribution in [2.45, 2.75) is 43.8 Å². The van der Waals surface area contributed by atoms with Gasteiger partial charge in [-0.05, 0) is 25.8 Å². The molecule has 3 amide bonds. The van der Waals surface area contributed by atoms with E-state index >= 15 is 0 Å². The summed E-state index contributed by atoms with van der Waals surface area (Å²) in [5.74, 6) is -5.16. The smallest absolute Gasteiger partial charge is 0.326 e. The SMILES string of the molecule is NCCCCC(NC(=O)C(CS)NC(=O)CN)C(=O)NC(CC(=O)O)C(=O)O. The van der Waals surface area contributed by atoms with Crippen LogP contribution in [0.3, 0.4) is 0 Å². The lowest BCUT2D eigenvalue weighted by molar-refractivity contribution is -0.147. The van der Waals surface area contributed by atoms with Gasteiger partial charge in [-0.2, -0.15) is 12.6 Å². The van der Waals surface area contributed by atoms with Crippen molar-refractivity contribution in [3.05, 3.63) is 0 Å². The second kappa shape index (κ2) is 13.7. The van der Waals surface area contributed by atoms with Gasteiger partial charge in [0, 0.05) is 5.75 Å². The van der Waals surface area contributed by atoms with Crippen LogP contribution in [0.25, 0.3) is 0 Å². The van der Waals surface area contributed by atoms with Crippen molar-refractivity contribution in [2.75, 3.05) is 18.8 Å². The second-order valence-corrected chi connectivity index (χ2v) is 6.21. The first-order valence-corrected chi connectivity index (χ1v) is 9.15. The summed E-state index contributed by atoms with van der Waals surface area (Å²) in [4.78, 5) is 58.0. The molecule has 0 aromatic heterocycles. The number of carboxylic acid groups (broad SMARTS) is 2. The van der Waals surface area contributed by atoms with Crippen LogP contribution in [0, 0.1) is 0 Å². The van der Waals surface area contributed by atoms with E-state index < -0.39 is 54.2 Å². The molecule has 12 nitrogen and oxygen atoms in total. The maximum Gasteiger partial charge on any atom is 0.326 e. The highest BCUT2D eigenvalue weighted by atomic mass is 32.1. The van der Waals surface area contributed by atoms with E-state index in [0.717, 1.165) is 0 Å². The molecule has 0 saturated heterocycles. The predicted octanol–water partition coefficient (Wildman–Crippen LogP) is -2.98. The normalized spacial score (nSPS) is 13.7. The maximum absolute atomic E-state index is 12.4. The van der Waals surface area contributed by atoms with E-state index in [9.17, 15) is 24.0 Å². The third-order valence-electron chi connectivity index (χ3n) is 3.59. The lowest BCUT2D eigenvalue weighted by Gasteiger charge is -2.23. The summed E-state index contributed by atoms with van der Waals surface area (Å²) in [6.07, 6.45) is 0.317. The third kappa shape index (κ3) is 10.1. The van der Waals surface area contributed by atoms with Crippen LogP contribution >= 0.6 is 12.6 Å². The number of nitrogens with two attached hydrogens (primary N) is 2. The zero-order valence-corrected chi connectivity index (χ0v) is 16.1. The highest BCUT2D eigenvalue weighted by molar-refractivity contribution is 7.80. The van der Waals surface area contributed by atoms with Gasteiger partial charge >= 0.3 is 11.9 Å². The van der Waals surface area contributed by atoms with Crippen molar-refractivity contribution in [2.24, 2.45) is 11.5 Å². The van der Waals surface area contributed by atoms with Crippen LogP contribution < -0.4 is 27.4 Å². The average Bonchev–Trinajstić information content (AvgIpc) is 2.63. The number of amides is 3. The van der Waals surface area contributed by atoms with E-state index in [2.05, 4.69) is 28.6 Å². The van der Waals surface area contributed by atoms with Gasteiger partial charge in [-0.1, -0.05) is 0 Å². The van der Waals surface area contributed by atoms with Crippen LogP contribution in [0.2, 0.25) is 0 Å². The monoisotopic (exact) mass is 421 g/mol. The van der Waals surface area contributed by atoms with E-state index in [1.165, 1.54) is 0 Å². The van der Waals surface area contributed by atoms with Crippen LogP contribution in [0.4, 0.5) is 0 Å². The fourth-order valence-corrected chi connectivity index (χ4v) is 2.39. The summed E-state index contributed by atoms with van der Waals surface area (Å²) in [6.45, 7) is 0.0122. The molecule has 0 aromatic carbocycles. The van der Waals surface area contributed by atoms with Gasteiger partial charge in [0.1, 0.15) is 18.1 Å². The molecule has 0 saturated carbocycles. The van der Waals surface area contributed by atoms with Crippen LogP contribution in [0.5, 0.6) is 0 Å². The summed E-state index contributed by atoms with van der Waals surface area (Å²) in [5.41, 5.74) is 10.6. The number of aliphatic carboxylic acids is 2. The zero-order valence-electron chi connectivity index (χ0n) is 15.2. The van der Waals surface area contributed by atoms with Crippen molar-refractivity contribution < 1.29 is 34.2 Å². The first-order chi connectivity index (χ1) is 13.2. The molecule has 9 N–H and O–H groups in total. The fraction of sp³-hybridized carbons (Fsp3) is 0.667. The van der Waals surface area contributed by atoms with Gasteiger partial charge < -0.3 is 37.6 Å². The Kier molecular flexibility index (Phi) is 12.6. The average molecular weight is 421 g/mol. The second-order valence-electron chi connectivity index (χ2n) is 5.85. The third-order valence-corrected chi connectivity index (χ3v) is 3.96. The topological polar surface area (TPSA) is 214 Å². The molecule has 0 heterocycles. The molecule has 0 fully saturated rings. The van der Waals surface area contributed by atoms with Gasteiger partial charge in [-0.3, -0.25) is 19.2 Å². The number of hydrogen-bond acceptors (Lipinski definition) is 8. The Morgan fingerprint density at radius 3 is 1.89 bits per heavy atom. The number of carboxylic acids is 2. The molecule has 0 spiro atoms. The number of rotatable bonds is 14. The number of nitrogens with one attached hydrogen (secondary N) is 3. The highest BCUT2D eigenvalue weighted by Gasteiger charge is 2.29. The first-order valence-electron chi connectivity index (χ1n) is 8.51. The lowest BCUT2D eigenvalue weighted by atomic mass is 10.1. The molecule has 13 heteroatoms. The fourth-order valence-electron chi connectivity index (χ4n) is 2.13. The van der Waals surface area contributed by atoms with Gasteiger partial charge in [-0.15, -0.1) is 0 Å². The van der Waals surface area contributed by atoms with E-state index in [0.29, 0.717) is 19.4 Å². The molecule has 3 atom stereocenters. The van der Waals surface area contributed by atoms with Gasteiger partial charge in [0.05, 0.1) is 13.0 Å². The number of carbonyl (C=O) groups excluding carboxylic acids is 3. The summed E-state index contributed by atoms with van der Waals surface area (Å²) in [7, 11) is 0. The van der Waals surface area contributed by atoms with Crippen LogP contribution in [-0.4, -0.2) is 76.8 Å². The Labute approximate surface area is 167 Å². The van der Waals surface area contributed by atoms with E-state index in [-0.39, 0.29) is 18.7 Å². The maximum atomic E-state index is 12.4. The number of carbonyl (C=O) groups is 5. The summed E-state index contributed by atoms with van der Waals surface area (Å²) in [6, 6.07) is -3.86. The summed E-state index contributed by atoms with van der Waals surface area (Å²) >= 11 is 3.97. The molecule has 0 rings (SSSR count). The van der Waals surface area contributed by atoms with Crippen LogP contribution in [-0.2, 0) is 24.0 Å². The largest absolute Gasteiger partial charge is 0.481 e. The minimum absolute atomic E-state index is 0.0640. The molecular formula is C15H27N5O7S. The minimum Gasteiger partial charge on any atom is -0.481 e. The number of hydrogen-bond donors (Lipinski definition) is 8. The van der Waals surface area contributed by atoms with Crippen molar-refractivity contribution in [1.29, 1.82) is 0 Å².